The topological polar surface area (TPSA) is 54.8 Å². The van der Waals surface area contributed by atoms with Crippen molar-refractivity contribution in [2.45, 2.75) is 6.17 Å². The van der Waals surface area contributed by atoms with Crippen LogP contribution in [0.5, 0.6) is 0 Å². The van der Waals surface area contributed by atoms with Crippen LogP contribution in [0.1, 0.15) is 22.9 Å². The molecule has 3 aromatic heterocycles. The Labute approximate surface area is 296 Å². The Kier molecular flexibility index (Phi) is 6.12. The summed E-state index contributed by atoms with van der Waals surface area (Å²) >= 11 is 1.79. The van der Waals surface area contributed by atoms with E-state index in [1.807, 2.05) is 36.4 Å². The molecule has 1 aliphatic rings. The number of rotatable bonds is 4. The number of furan rings is 1. The van der Waals surface area contributed by atoms with Gasteiger partial charge in [-0.05, 0) is 66.2 Å². The Morgan fingerprint density at radius 1 is 0.569 bits per heavy atom. The lowest BCUT2D eigenvalue weighted by Crippen LogP contribution is -2.33. The first kappa shape index (κ1) is 28.3. The van der Waals surface area contributed by atoms with E-state index in [9.17, 15) is 0 Å². The maximum absolute atomic E-state index is 6.74. The van der Waals surface area contributed by atoms with Crippen LogP contribution in [0.2, 0.25) is 0 Å². The van der Waals surface area contributed by atoms with Gasteiger partial charge in [0.15, 0.2) is 5.84 Å². The molecule has 11 rings (SSSR count). The minimum atomic E-state index is -0.255. The van der Waals surface area contributed by atoms with Crippen molar-refractivity contribution < 1.29 is 4.42 Å². The highest BCUT2D eigenvalue weighted by Gasteiger charge is 2.22. The van der Waals surface area contributed by atoms with Crippen LogP contribution >= 0.6 is 11.3 Å². The molecule has 0 spiro atoms. The number of nitrogens with zero attached hydrogens (tertiary/aromatic N) is 3. The van der Waals surface area contributed by atoms with Gasteiger partial charge in [-0.2, -0.15) is 0 Å². The predicted molar refractivity (Wildman–Crippen MR) is 213 cm³/mol. The lowest BCUT2D eigenvalue weighted by Gasteiger charge is -2.23. The van der Waals surface area contributed by atoms with E-state index in [1.165, 1.54) is 31.2 Å². The molecule has 0 saturated heterocycles. The molecule has 0 amide bonds. The maximum Gasteiger partial charge on any atom is 0.159 e. The Morgan fingerprint density at radius 3 is 2.06 bits per heavy atom. The molecule has 1 unspecified atom stereocenters. The highest BCUT2D eigenvalue weighted by molar-refractivity contribution is 7.26. The summed E-state index contributed by atoms with van der Waals surface area (Å²) < 4.78 is 11.5. The molecule has 4 heterocycles. The van der Waals surface area contributed by atoms with Gasteiger partial charge in [-0.3, -0.25) is 0 Å². The van der Waals surface area contributed by atoms with Gasteiger partial charge in [-0.15, -0.1) is 11.3 Å². The Bertz CT molecular complexity index is 3010. The first-order chi connectivity index (χ1) is 25.3. The molecule has 0 fully saturated rings. The van der Waals surface area contributed by atoms with E-state index in [0.29, 0.717) is 5.84 Å². The van der Waals surface area contributed by atoms with E-state index in [1.54, 1.807) is 11.3 Å². The normalized spacial score (nSPS) is 14.9. The van der Waals surface area contributed by atoms with Gasteiger partial charge in [0.1, 0.15) is 23.2 Å². The van der Waals surface area contributed by atoms with Crippen LogP contribution in [-0.2, 0) is 0 Å². The lowest BCUT2D eigenvalue weighted by molar-refractivity contribution is 0.673. The van der Waals surface area contributed by atoms with Gasteiger partial charge < -0.3 is 14.3 Å². The summed E-state index contributed by atoms with van der Waals surface area (Å²) in [4.78, 5) is 10.2. The average Bonchev–Trinajstić information content (AvgIpc) is 3.87. The molecule has 0 bridgehead atoms. The van der Waals surface area contributed by atoms with E-state index in [2.05, 4.69) is 131 Å². The third kappa shape index (κ3) is 4.40. The van der Waals surface area contributed by atoms with Crippen molar-refractivity contribution in [3.63, 3.8) is 0 Å². The van der Waals surface area contributed by atoms with Gasteiger partial charge in [0, 0.05) is 58.5 Å². The van der Waals surface area contributed by atoms with Crippen molar-refractivity contribution in [1.82, 2.24) is 9.88 Å². The van der Waals surface area contributed by atoms with Gasteiger partial charge >= 0.3 is 0 Å². The summed E-state index contributed by atoms with van der Waals surface area (Å²) in [6, 6.07) is 55.5. The molecule has 51 heavy (non-hydrogen) atoms. The number of para-hydroxylation sites is 2. The molecule has 1 atom stereocenters. The van der Waals surface area contributed by atoms with Gasteiger partial charge in [-0.25, -0.2) is 9.98 Å². The summed E-state index contributed by atoms with van der Waals surface area (Å²) in [7, 11) is 0. The van der Waals surface area contributed by atoms with Crippen molar-refractivity contribution in [2.24, 2.45) is 9.98 Å². The second kappa shape index (κ2) is 11.0. The fourth-order valence-electron chi connectivity index (χ4n) is 7.69. The van der Waals surface area contributed by atoms with Gasteiger partial charge in [0.05, 0.1) is 11.0 Å². The van der Waals surface area contributed by atoms with Crippen LogP contribution < -0.4 is 5.32 Å². The first-order valence-electron chi connectivity index (χ1n) is 17.1. The van der Waals surface area contributed by atoms with Crippen LogP contribution in [0.3, 0.4) is 0 Å². The summed E-state index contributed by atoms with van der Waals surface area (Å²) in [6.07, 6.45) is -0.255. The summed E-state index contributed by atoms with van der Waals surface area (Å²) in [5, 5.41) is 10.6. The van der Waals surface area contributed by atoms with E-state index in [0.717, 1.165) is 60.9 Å². The number of benzene rings is 7. The fraction of sp³-hybridized carbons (Fsp3) is 0.0222. The van der Waals surface area contributed by atoms with Crippen LogP contribution in [0, 0.1) is 0 Å². The van der Waals surface area contributed by atoms with Gasteiger partial charge in [0.2, 0.25) is 0 Å². The molecule has 1 N–H and O–H groups in total. The van der Waals surface area contributed by atoms with Crippen molar-refractivity contribution >= 4 is 86.9 Å². The molecule has 0 aliphatic carbocycles. The molecule has 1 aliphatic heterocycles. The zero-order valence-electron chi connectivity index (χ0n) is 27.2. The number of aliphatic imine (C=N–C) groups is 2. The van der Waals surface area contributed by atoms with Crippen LogP contribution in [0.4, 0.5) is 0 Å². The molecule has 10 aromatic rings. The quantitative estimate of drug-likeness (QED) is 0.202. The number of hydrogen-bond donors (Lipinski definition) is 1. The largest absolute Gasteiger partial charge is 0.455 e. The lowest BCUT2D eigenvalue weighted by atomic mass is 10.0. The van der Waals surface area contributed by atoms with Crippen molar-refractivity contribution in [3.05, 3.63) is 174 Å². The summed E-state index contributed by atoms with van der Waals surface area (Å²) in [5.41, 5.74) is 8.37. The smallest absolute Gasteiger partial charge is 0.159 e. The van der Waals surface area contributed by atoms with Crippen molar-refractivity contribution in [1.29, 1.82) is 0 Å². The van der Waals surface area contributed by atoms with Gasteiger partial charge in [0.25, 0.3) is 0 Å². The third-order valence-corrected chi connectivity index (χ3v) is 11.2. The van der Waals surface area contributed by atoms with Crippen molar-refractivity contribution in [2.75, 3.05) is 0 Å². The summed E-state index contributed by atoms with van der Waals surface area (Å²) in [5.74, 6) is 1.51. The van der Waals surface area contributed by atoms with Crippen LogP contribution in [0.25, 0.3) is 69.6 Å². The molecule has 240 valence electrons. The molecule has 7 aromatic carbocycles. The van der Waals surface area contributed by atoms with Crippen molar-refractivity contribution in [3.8, 4) is 5.69 Å². The number of thiophene rings is 1. The molecular weight excluding hydrogens is 645 g/mol. The zero-order valence-corrected chi connectivity index (χ0v) is 28.1. The maximum atomic E-state index is 6.74. The molecule has 6 heteroatoms. The van der Waals surface area contributed by atoms with E-state index in [4.69, 9.17) is 14.4 Å². The fourth-order valence-corrected chi connectivity index (χ4v) is 8.77. The predicted octanol–water partition coefficient (Wildman–Crippen LogP) is 11.5. The number of amidine groups is 2. The Hall–Kier alpha value is -6.50. The zero-order chi connectivity index (χ0) is 33.5. The third-order valence-electron chi connectivity index (χ3n) is 10.1. The van der Waals surface area contributed by atoms with E-state index < -0.39 is 0 Å². The van der Waals surface area contributed by atoms with Gasteiger partial charge in [-0.1, -0.05) is 97.1 Å². The average molecular weight is 673 g/mol. The van der Waals surface area contributed by atoms with Crippen LogP contribution in [0.15, 0.2) is 172 Å². The molecule has 5 nitrogen and oxygen atoms in total. The number of nitrogens with one attached hydrogen (secondary N) is 1. The number of hydrogen-bond acceptors (Lipinski definition) is 5. The Balaban J connectivity index is 1.09. The molecule has 0 saturated carbocycles. The minimum absolute atomic E-state index is 0.255. The monoisotopic (exact) mass is 672 g/mol. The SMILES string of the molecule is c1ccc(C2=NC(c3ccc4sc5ccc6c7cc(-n8c9ccccc9c9ccccc98)ccc7oc6c5c4c3)=NC(c3ccccc3)N2)cc1. The number of aromatic nitrogens is 1. The second-order valence-corrected chi connectivity index (χ2v) is 14.1. The van der Waals surface area contributed by atoms with E-state index >= 15 is 0 Å². The highest BCUT2D eigenvalue weighted by atomic mass is 32.1. The molecular formula is C45H28N4OS. The summed E-state index contributed by atoms with van der Waals surface area (Å²) in [6.45, 7) is 0. The molecule has 0 radical (unpaired) electrons. The standard InChI is InChI=1S/C45H28N4OS/c1-3-11-27(12-4-1)43-46-44(28-13-5-2-6-14-28)48-45(47-43)29-19-23-39-35(25-29)41-40(51-39)24-21-33-34-26-30(20-22-38(34)50-42(33)41)49-36-17-9-7-15-31(36)32-16-8-10-18-37(32)49/h1-26,43H,(H,46,47,48). The van der Waals surface area contributed by atoms with E-state index in [-0.39, 0.29) is 6.17 Å². The Morgan fingerprint density at radius 2 is 1.27 bits per heavy atom. The highest BCUT2D eigenvalue weighted by Crippen LogP contribution is 2.43. The second-order valence-electron chi connectivity index (χ2n) is 13.0. The minimum Gasteiger partial charge on any atom is -0.455 e. The number of fused-ring (bicyclic) bond motifs is 10. The van der Waals surface area contributed by atoms with Crippen LogP contribution in [-0.4, -0.2) is 16.2 Å². The first-order valence-corrected chi connectivity index (χ1v) is 17.9.